The fourth-order valence-electron chi connectivity index (χ4n) is 1.75. The van der Waals surface area contributed by atoms with Crippen molar-refractivity contribution in [2.75, 3.05) is 0 Å². The van der Waals surface area contributed by atoms with E-state index in [4.69, 9.17) is 5.73 Å². The maximum Gasteiger partial charge on any atom is 0.115 e. The number of hydrogen-bond donors (Lipinski definition) is 1. The van der Waals surface area contributed by atoms with Crippen molar-refractivity contribution >= 4 is 27.7 Å². The molecule has 1 aromatic heterocycles. The molecule has 1 heterocycles. The second-order valence-electron chi connectivity index (χ2n) is 4.37. The normalized spacial score (nSPS) is 12.4. The van der Waals surface area contributed by atoms with E-state index in [9.17, 15) is 0 Å². The lowest BCUT2D eigenvalue weighted by Crippen LogP contribution is -2.21. The molecule has 4 heteroatoms. The van der Waals surface area contributed by atoms with E-state index < -0.39 is 0 Å². The molecule has 2 N–H and O–H groups in total. The van der Waals surface area contributed by atoms with Gasteiger partial charge in [-0.25, -0.2) is 4.98 Å². The summed E-state index contributed by atoms with van der Waals surface area (Å²) < 4.78 is 1.02. The first-order valence-electron chi connectivity index (χ1n) is 6.32. The molecule has 1 atom stereocenters. The van der Waals surface area contributed by atoms with Gasteiger partial charge in [-0.2, -0.15) is 0 Å². The van der Waals surface area contributed by atoms with Crippen LogP contribution in [0.3, 0.4) is 0 Å². The highest BCUT2D eigenvalue weighted by Crippen LogP contribution is 2.33. The van der Waals surface area contributed by atoms with Gasteiger partial charge < -0.3 is 5.73 Å². The van der Waals surface area contributed by atoms with Crippen LogP contribution in [0.4, 0.5) is 0 Å². The minimum Gasteiger partial charge on any atom is -0.327 e. The Hall–Kier alpha value is -0.840. The third kappa shape index (κ3) is 4.06. The first kappa shape index (κ1) is 14.6. The van der Waals surface area contributed by atoms with Crippen LogP contribution in [0, 0.1) is 0 Å². The molecule has 2 rings (SSSR count). The molecule has 0 aliphatic heterocycles. The van der Waals surface area contributed by atoms with Crippen molar-refractivity contribution < 1.29 is 0 Å². The molecule has 0 aliphatic carbocycles. The zero-order valence-electron chi connectivity index (χ0n) is 10.8. The smallest absolute Gasteiger partial charge is 0.115 e. The van der Waals surface area contributed by atoms with Crippen molar-refractivity contribution in [3.63, 3.8) is 0 Å². The largest absolute Gasteiger partial charge is 0.327 e. The number of rotatable bonds is 5. The first-order valence-corrected chi connectivity index (χ1v) is 7.93. The number of halogens is 1. The highest BCUT2D eigenvalue weighted by Gasteiger charge is 2.09. The Balaban J connectivity index is 2.23. The quantitative estimate of drug-likeness (QED) is 0.885. The van der Waals surface area contributed by atoms with Crippen molar-refractivity contribution in [1.82, 2.24) is 4.98 Å². The average Bonchev–Trinajstić information content (AvgIpc) is 2.43. The lowest BCUT2D eigenvalue weighted by atomic mass is 10.1. The molecule has 100 valence electrons. The van der Waals surface area contributed by atoms with Crippen molar-refractivity contribution in [2.24, 2.45) is 5.73 Å². The second-order valence-corrected chi connectivity index (χ2v) is 6.26. The van der Waals surface area contributed by atoms with E-state index >= 15 is 0 Å². The van der Waals surface area contributed by atoms with Crippen LogP contribution in [0.1, 0.15) is 18.9 Å². The van der Waals surface area contributed by atoms with E-state index in [1.54, 1.807) is 11.8 Å². The molecular formula is C15H17BrN2S. The van der Waals surface area contributed by atoms with Gasteiger partial charge in [-0.3, -0.25) is 0 Å². The molecule has 0 aliphatic rings. The number of nitrogens with two attached hydrogens (primary N) is 1. The number of nitrogens with zero attached hydrogens (tertiary/aromatic N) is 1. The van der Waals surface area contributed by atoms with Gasteiger partial charge in [0.25, 0.3) is 0 Å². The van der Waals surface area contributed by atoms with Crippen LogP contribution in [0.15, 0.2) is 57.0 Å². The third-order valence-corrected chi connectivity index (χ3v) is 4.95. The Morgan fingerprint density at radius 1 is 1.26 bits per heavy atom. The number of benzene rings is 1. The summed E-state index contributed by atoms with van der Waals surface area (Å²) in [4.78, 5) is 5.63. The molecule has 0 amide bonds. The number of hydrogen-bond acceptors (Lipinski definition) is 3. The summed E-state index contributed by atoms with van der Waals surface area (Å²) in [6, 6.07) is 12.5. The predicted octanol–water partition coefficient (Wildman–Crippen LogP) is 4.28. The number of aromatic nitrogens is 1. The van der Waals surface area contributed by atoms with Crippen LogP contribution < -0.4 is 5.73 Å². The molecular weight excluding hydrogens is 320 g/mol. The van der Waals surface area contributed by atoms with Crippen LogP contribution >= 0.6 is 27.7 Å². The molecule has 0 radical (unpaired) electrons. The highest BCUT2D eigenvalue weighted by molar-refractivity contribution is 9.10. The topological polar surface area (TPSA) is 38.9 Å². The Morgan fingerprint density at radius 3 is 2.79 bits per heavy atom. The van der Waals surface area contributed by atoms with Gasteiger partial charge in [0.1, 0.15) is 5.03 Å². The average molecular weight is 337 g/mol. The lowest BCUT2D eigenvalue weighted by molar-refractivity contribution is 0.641. The molecule has 2 aromatic rings. The molecule has 0 fully saturated rings. The molecule has 0 spiro atoms. The van der Waals surface area contributed by atoms with Crippen LogP contribution in [-0.4, -0.2) is 11.0 Å². The van der Waals surface area contributed by atoms with Gasteiger partial charge in [0.2, 0.25) is 0 Å². The first-order chi connectivity index (χ1) is 9.20. The summed E-state index contributed by atoms with van der Waals surface area (Å²) >= 11 is 5.21. The maximum atomic E-state index is 6.06. The minimum absolute atomic E-state index is 0.217. The zero-order valence-corrected chi connectivity index (χ0v) is 13.2. The molecule has 0 saturated heterocycles. The van der Waals surface area contributed by atoms with Crippen molar-refractivity contribution in [3.8, 4) is 0 Å². The van der Waals surface area contributed by atoms with Crippen molar-refractivity contribution in [2.45, 2.75) is 35.7 Å². The van der Waals surface area contributed by atoms with Gasteiger partial charge in [0.15, 0.2) is 0 Å². The molecule has 0 bridgehead atoms. The van der Waals surface area contributed by atoms with Crippen LogP contribution in [0.25, 0.3) is 0 Å². The zero-order chi connectivity index (χ0) is 13.7. The highest BCUT2D eigenvalue weighted by atomic mass is 79.9. The fraction of sp³-hybridized carbons (Fsp3) is 0.267. The summed E-state index contributed by atoms with van der Waals surface area (Å²) in [5, 5.41) is 0.986. The summed E-state index contributed by atoms with van der Waals surface area (Å²) in [6.07, 6.45) is 3.71. The van der Waals surface area contributed by atoms with Gasteiger partial charge in [-0.15, -0.1) is 0 Å². The Kier molecular flexibility index (Phi) is 5.43. The van der Waals surface area contributed by atoms with Gasteiger partial charge in [-0.05, 0) is 52.5 Å². The molecule has 1 aromatic carbocycles. The Labute approximate surface area is 126 Å². The van der Waals surface area contributed by atoms with E-state index in [-0.39, 0.29) is 6.04 Å². The van der Waals surface area contributed by atoms with Gasteiger partial charge in [0.05, 0.1) is 4.47 Å². The fourth-order valence-corrected chi connectivity index (χ4v) is 3.16. The third-order valence-electron chi connectivity index (χ3n) is 2.91. The summed E-state index contributed by atoms with van der Waals surface area (Å²) in [5.41, 5.74) is 7.35. The maximum absolute atomic E-state index is 6.06. The van der Waals surface area contributed by atoms with Gasteiger partial charge in [-0.1, -0.05) is 36.9 Å². The van der Waals surface area contributed by atoms with Crippen LogP contribution in [-0.2, 0) is 6.42 Å². The van der Waals surface area contributed by atoms with E-state index in [0.717, 1.165) is 22.3 Å². The van der Waals surface area contributed by atoms with Gasteiger partial charge in [0, 0.05) is 17.1 Å². The molecule has 2 nitrogen and oxygen atoms in total. The Bertz CT molecular complexity index is 545. The molecule has 0 saturated carbocycles. The standard InChI is InChI=1S/C15H17BrN2S/c1-2-12(17)10-11-6-3-4-8-14(11)19-15-13(16)7-5-9-18-15/h3-9,12H,2,10,17H2,1H3. The van der Waals surface area contributed by atoms with Gasteiger partial charge >= 0.3 is 0 Å². The van der Waals surface area contributed by atoms with Crippen LogP contribution in [0.2, 0.25) is 0 Å². The van der Waals surface area contributed by atoms with E-state index in [2.05, 4.69) is 52.1 Å². The summed E-state index contributed by atoms with van der Waals surface area (Å²) in [7, 11) is 0. The minimum atomic E-state index is 0.217. The lowest BCUT2D eigenvalue weighted by Gasteiger charge is -2.13. The molecule has 1 unspecified atom stereocenters. The summed E-state index contributed by atoms with van der Waals surface area (Å²) in [5.74, 6) is 0. The van der Waals surface area contributed by atoms with Crippen molar-refractivity contribution in [1.29, 1.82) is 0 Å². The predicted molar refractivity (Wildman–Crippen MR) is 84.5 cm³/mol. The Morgan fingerprint density at radius 2 is 2.05 bits per heavy atom. The van der Waals surface area contributed by atoms with E-state index in [0.29, 0.717) is 0 Å². The summed E-state index contributed by atoms with van der Waals surface area (Å²) in [6.45, 7) is 2.12. The monoisotopic (exact) mass is 336 g/mol. The second kappa shape index (κ2) is 7.08. The van der Waals surface area contributed by atoms with E-state index in [1.807, 2.05) is 18.3 Å². The number of pyridine rings is 1. The van der Waals surface area contributed by atoms with Crippen molar-refractivity contribution in [3.05, 3.63) is 52.6 Å². The molecule has 19 heavy (non-hydrogen) atoms. The van der Waals surface area contributed by atoms with E-state index in [1.165, 1.54) is 10.5 Å². The SMILES string of the molecule is CCC(N)Cc1ccccc1Sc1ncccc1Br. The van der Waals surface area contributed by atoms with Crippen LogP contribution in [0.5, 0.6) is 0 Å².